The molecular weight excluding hydrogens is 278 g/mol. The van der Waals surface area contributed by atoms with Crippen molar-refractivity contribution < 1.29 is 14.6 Å². The van der Waals surface area contributed by atoms with Crippen molar-refractivity contribution in [2.45, 2.75) is 57.3 Å². The molecule has 1 aliphatic rings. The van der Waals surface area contributed by atoms with Crippen LogP contribution in [0.3, 0.4) is 0 Å². The number of nitrogens with one attached hydrogen (secondary N) is 1. The summed E-state index contributed by atoms with van der Waals surface area (Å²) in [6, 6.07) is 7.63. The summed E-state index contributed by atoms with van der Waals surface area (Å²) in [4.78, 5) is 11.9. The lowest BCUT2D eigenvalue weighted by Crippen LogP contribution is -2.39. The van der Waals surface area contributed by atoms with Gasteiger partial charge in [-0.25, -0.2) is 4.79 Å². The number of hydrogen-bond acceptors (Lipinski definition) is 3. The first-order valence-electron chi connectivity index (χ1n) is 7.98. The molecule has 0 radical (unpaired) electrons. The number of benzene rings is 1. The number of hydrogen-bond donors (Lipinski definition) is 2. The Labute approximate surface area is 132 Å². The Kier molecular flexibility index (Phi) is 6.01. The Morgan fingerprint density at radius 3 is 2.73 bits per heavy atom. The minimum Gasteiger partial charge on any atom is -0.443 e. The molecule has 1 amide bonds. The van der Waals surface area contributed by atoms with E-state index in [2.05, 4.69) is 11.9 Å². The van der Waals surface area contributed by atoms with Crippen LogP contribution in [0.25, 0.3) is 6.08 Å². The molecule has 4 heteroatoms. The summed E-state index contributed by atoms with van der Waals surface area (Å²) in [5.41, 5.74) is 1.56. The normalized spacial score (nSPS) is 18.3. The van der Waals surface area contributed by atoms with Gasteiger partial charge in [-0.2, -0.15) is 0 Å². The Bertz CT molecular complexity index is 509. The molecule has 1 saturated carbocycles. The second kappa shape index (κ2) is 7.99. The molecule has 0 spiro atoms. The minimum atomic E-state index is -0.869. The number of carbonyl (C=O) groups excluding carboxylic acids is 1. The molecule has 2 rings (SSSR count). The zero-order valence-corrected chi connectivity index (χ0v) is 13.1. The summed E-state index contributed by atoms with van der Waals surface area (Å²) in [5.74, 6) is 0. The van der Waals surface area contributed by atoms with Crippen LogP contribution >= 0.6 is 0 Å². The average molecular weight is 303 g/mol. The number of aliphatic hydroxyl groups excluding tert-OH is 1. The Morgan fingerprint density at radius 1 is 1.36 bits per heavy atom. The van der Waals surface area contributed by atoms with Gasteiger partial charge in [-0.15, -0.1) is 0 Å². The molecule has 0 heterocycles. The maximum atomic E-state index is 11.9. The van der Waals surface area contributed by atoms with Gasteiger partial charge >= 0.3 is 6.09 Å². The molecule has 1 fully saturated rings. The highest BCUT2D eigenvalue weighted by Crippen LogP contribution is 2.24. The Hall–Kier alpha value is -1.81. The van der Waals surface area contributed by atoms with Crippen molar-refractivity contribution in [1.29, 1.82) is 0 Å². The highest BCUT2D eigenvalue weighted by Gasteiger charge is 2.23. The van der Waals surface area contributed by atoms with Crippen molar-refractivity contribution >= 4 is 12.2 Å². The largest absolute Gasteiger partial charge is 0.443 e. The average Bonchev–Trinajstić information content (AvgIpc) is 2.54. The third kappa shape index (κ3) is 4.34. The zero-order valence-electron chi connectivity index (χ0n) is 13.1. The van der Waals surface area contributed by atoms with E-state index in [0.29, 0.717) is 0 Å². The molecule has 0 bridgehead atoms. The van der Waals surface area contributed by atoms with E-state index in [9.17, 15) is 9.90 Å². The molecule has 22 heavy (non-hydrogen) atoms. The van der Waals surface area contributed by atoms with E-state index in [1.807, 2.05) is 24.3 Å². The van der Waals surface area contributed by atoms with E-state index in [1.165, 1.54) is 6.42 Å². The van der Waals surface area contributed by atoms with E-state index in [-0.39, 0.29) is 6.04 Å². The molecule has 0 saturated heterocycles. The van der Waals surface area contributed by atoms with Gasteiger partial charge in [-0.3, -0.25) is 0 Å². The fourth-order valence-electron chi connectivity index (χ4n) is 2.90. The lowest BCUT2D eigenvalue weighted by atomic mass is 9.96. The van der Waals surface area contributed by atoms with Crippen molar-refractivity contribution in [2.75, 3.05) is 0 Å². The minimum absolute atomic E-state index is 0.200. The number of alkyl carbamates (subject to hydrolysis) is 1. The first kappa shape index (κ1) is 16.6. The molecular formula is C18H25NO3. The molecule has 1 aromatic carbocycles. The number of amides is 1. The van der Waals surface area contributed by atoms with Crippen molar-refractivity contribution in [3.63, 3.8) is 0 Å². The number of rotatable bonds is 5. The lowest BCUT2D eigenvalue weighted by molar-refractivity contribution is 0.0102. The standard InChI is InChI=1S/C18H25NO3/c1-3-14-9-7-8-12-16(14)17(20)13(2)22-18(21)19-15-10-5-4-6-11-15/h3,7-9,12-13,15,17,20H,1,4-6,10-11H2,2H3,(H,19,21)/t13-,17?/m1/s1. The van der Waals surface area contributed by atoms with Gasteiger partial charge in [0, 0.05) is 6.04 Å². The zero-order chi connectivity index (χ0) is 15.9. The van der Waals surface area contributed by atoms with Crippen LogP contribution in [-0.2, 0) is 4.74 Å². The summed E-state index contributed by atoms with van der Waals surface area (Å²) >= 11 is 0. The predicted molar refractivity (Wildman–Crippen MR) is 87.4 cm³/mol. The first-order valence-corrected chi connectivity index (χ1v) is 7.98. The Morgan fingerprint density at radius 2 is 2.05 bits per heavy atom. The third-order valence-electron chi connectivity index (χ3n) is 4.20. The van der Waals surface area contributed by atoms with Crippen LogP contribution in [0.15, 0.2) is 30.8 Å². The van der Waals surface area contributed by atoms with Gasteiger partial charge < -0.3 is 15.2 Å². The highest BCUT2D eigenvalue weighted by atomic mass is 16.6. The fourth-order valence-corrected chi connectivity index (χ4v) is 2.90. The summed E-state index contributed by atoms with van der Waals surface area (Å²) in [6.45, 7) is 5.44. The van der Waals surface area contributed by atoms with Crippen molar-refractivity contribution in [1.82, 2.24) is 5.32 Å². The lowest BCUT2D eigenvalue weighted by Gasteiger charge is -2.25. The van der Waals surface area contributed by atoms with Crippen LogP contribution in [-0.4, -0.2) is 23.3 Å². The molecule has 1 aromatic rings. The molecule has 2 atom stereocenters. The van der Waals surface area contributed by atoms with Crippen molar-refractivity contribution in [3.05, 3.63) is 42.0 Å². The summed E-state index contributed by atoms with van der Waals surface area (Å²) in [5, 5.41) is 13.3. The number of carbonyl (C=O) groups is 1. The van der Waals surface area contributed by atoms with Crippen molar-refractivity contribution in [3.8, 4) is 0 Å². The van der Waals surface area contributed by atoms with E-state index >= 15 is 0 Å². The van der Waals surface area contributed by atoms with Crippen LogP contribution in [0.5, 0.6) is 0 Å². The molecule has 120 valence electrons. The van der Waals surface area contributed by atoms with E-state index < -0.39 is 18.3 Å². The second-order valence-electron chi connectivity index (χ2n) is 5.87. The van der Waals surface area contributed by atoms with Gasteiger partial charge in [-0.1, -0.05) is 56.2 Å². The van der Waals surface area contributed by atoms with Gasteiger partial charge in [0.2, 0.25) is 0 Å². The van der Waals surface area contributed by atoms with Gasteiger partial charge in [0.15, 0.2) is 0 Å². The van der Waals surface area contributed by atoms with E-state index in [1.54, 1.807) is 13.0 Å². The van der Waals surface area contributed by atoms with Gasteiger partial charge in [-0.05, 0) is 30.9 Å². The summed E-state index contributed by atoms with van der Waals surface area (Å²) in [7, 11) is 0. The quantitative estimate of drug-likeness (QED) is 0.869. The predicted octanol–water partition coefficient (Wildman–Crippen LogP) is 3.81. The molecule has 0 aromatic heterocycles. The van der Waals surface area contributed by atoms with Crippen LogP contribution in [0.4, 0.5) is 4.79 Å². The molecule has 1 aliphatic carbocycles. The monoisotopic (exact) mass is 303 g/mol. The third-order valence-corrected chi connectivity index (χ3v) is 4.20. The first-order chi connectivity index (χ1) is 10.6. The second-order valence-corrected chi connectivity index (χ2v) is 5.87. The van der Waals surface area contributed by atoms with Gasteiger partial charge in [0.05, 0.1) is 0 Å². The topological polar surface area (TPSA) is 58.6 Å². The number of aliphatic hydroxyl groups is 1. The van der Waals surface area contributed by atoms with Crippen molar-refractivity contribution in [2.24, 2.45) is 0 Å². The number of ether oxygens (including phenoxy) is 1. The van der Waals surface area contributed by atoms with Crippen LogP contribution in [0, 0.1) is 0 Å². The fraction of sp³-hybridized carbons (Fsp3) is 0.500. The Balaban J connectivity index is 1.91. The van der Waals surface area contributed by atoms with Gasteiger partial charge in [0.25, 0.3) is 0 Å². The molecule has 2 N–H and O–H groups in total. The molecule has 4 nitrogen and oxygen atoms in total. The van der Waals surface area contributed by atoms with E-state index in [4.69, 9.17) is 4.74 Å². The summed E-state index contributed by atoms with van der Waals surface area (Å²) < 4.78 is 5.33. The summed E-state index contributed by atoms with van der Waals surface area (Å²) in [6.07, 6.45) is 5.29. The molecule has 0 aliphatic heterocycles. The molecule has 1 unspecified atom stereocenters. The maximum absolute atomic E-state index is 11.9. The maximum Gasteiger partial charge on any atom is 0.407 e. The van der Waals surface area contributed by atoms with Gasteiger partial charge in [0.1, 0.15) is 12.2 Å². The van der Waals surface area contributed by atoms with E-state index in [0.717, 1.165) is 36.8 Å². The highest BCUT2D eigenvalue weighted by molar-refractivity contribution is 5.68. The van der Waals surface area contributed by atoms with Crippen LogP contribution in [0.2, 0.25) is 0 Å². The smallest absolute Gasteiger partial charge is 0.407 e. The van der Waals surface area contributed by atoms with Crippen LogP contribution < -0.4 is 5.32 Å². The SMILES string of the molecule is C=Cc1ccccc1C(O)[C@@H](C)OC(=O)NC1CCCCC1. The van der Waals surface area contributed by atoms with Crippen LogP contribution in [0.1, 0.15) is 56.3 Å².